The van der Waals surface area contributed by atoms with E-state index in [4.69, 9.17) is 9.47 Å². The molecule has 0 aliphatic heterocycles. The second-order valence-corrected chi connectivity index (χ2v) is 4.09. The zero-order chi connectivity index (χ0) is 12.5. The predicted molar refractivity (Wildman–Crippen MR) is 72.4 cm³/mol. The lowest BCUT2D eigenvalue weighted by Gasteiger charge is -2.11. The van der Waals surface area contributed by atoms with Crippen molar-refractivity contribution in [2.75, 3.05) is 19.8 Å². The van der Waals surface area contributed by atoms with Crippen LogP contribution in [0.4, 0.5) is 0 Å². The Labute approximate surface area is 104 Å². The summed E-state index contributed by atoms with van der Waals surface area (Å²) in [6, 6.07) is 8.00. The van der Waals surface area contributed by atoms with Gasteiger partial charge in [0.05, 0.1) is 6.61 Å². The zero-order valence-electron chi connectivity index (χ0n) is 10.9. The van der Waals surface area contributed by atoms with Crippen LogP contribution in [0.1, 0.15) is 32.3 Å². The third-order valence-corrected chi connectivity index (χ3v) is 2.39. The Balaban J connectivity index is 2.34. The second-order valence-electron chi connectivity index (χ2n) is 4.09. The predicted octanol–water partition coefficient (Wildman–Crippen LogP) is 3.92. The number of rotatable bonds is 8. The highest BCUT2D eigenvalue weighted by Crippen LogP contribution is 2.24. The van der Waals surface area contributed by atoms with Crippen LogP contribution in [0.3, 0.4) is 0 Å². The van der Waals surface area contributed by atoms with Crippen molar-refractivity contribution in [2.24, 2.45) is 0 Å². The molecule has 0 radical (unpaired) electrons. The van der Waals surface area contributed by atoms with Gasteiger partial charge in [-0.2, -0.15) is 0 Å². The van der Waals surface area contributed by atoms with Crippen molar-refractivity contribution >= 4 is 5.57 Å². The first-order valence-electron chi connectivity index (χ1n) is 6.21. The smallest absolute Gasteiger partial charge is 0.126 e. The number of ether oxygens (including phenoxy) is 2. The van der Waals surface area contributed by atoms with E-state index in [9.17, 15) is 0 Å². The van der Waals surface area contributed by atoms with Crippen LogP contribution in [0, 0.1) is 0 Å². The Hall–Kier alpha value is -1.28. The summed E-state index contributed by atoms with van der Waals surface area (Å²) in [4.78, 5) is 0. The van der Waals surface area contributed by atoms with Crippen molar-refractivity contribution in [1.29, 1.82) is 0 Å². The van der Waals surface area contributed by atoms with E-state index in [1.807, 2.05) is 31.2 Å². The number of hydrogen-bond acceptors (Lipinski definition) is 2. The van der Waals surface area contributed by atoms with Gasteiger partial charge in [0.1, 0.15) is 5.75 Å². The van der Waals surface area contributed by atoms with E-state index in [0.29, 0.717) is 6.61 Å². The fourth-order valence-electron chi connectivity index (χ4n) is 1.53. The molecule has 0 heterocycles. The summed E-state index contributed by atoms with van der Waals surface area (Å²) in [6.07, 6.45) is 1.99. The van der Waals surface area contributed by atoms with Gasteiger partial charge >= 0.3 is 0 Å². The van der Waals surface area contributed by atoms with Crippen LogP contribution in [0.2, 0.25) is 0 Å². The highest BCUT2D eigenvalue weighted by atomic mass is 16.5. The van der Waals surface area contributed by atoms with Crippen LogP contribution in [-0.2, 0) is 4.74 Å². The molecule has 0 amide bonds. The van der Waals surface area contributed by atoms with Gasteiger partial charge in [0.2, 0.25) is 0 Å². The Kier molecular flexibility index (Phi) is 6.41. The topological polar surface area (TPSA) is 18.5 Å². The van der Waals surface area contributed by atoms with E-state index in [2.05, 4.69) is 13.5 Å². The number of benzene rings is 1. The second kappa shape index (κ2) is 7.91. The summed E-state index contributed by atoms with van der Waals surface area (Å²) in [5.41, 5.74) is 2.12. The van der Waals surface area contributed by atoms with Gasteiger partial charge < -0.3 is 9.47 Å². The Morgan fingerprint density at radius 1 is 1.18 bits per heavy atom. The van der Waals surface area contributed by atoms with Gasteiger partial charge in [-0.15, -0.1) is 0 Å². The standard InChI is InChI=1S/C15H22O2/c1-4-10-16-11-7-12-17-15-9-6-5-8-14(15)13(2)3/h5-6,8-9H,2,4,7,10-12H2,1,3H3. The molecule has 2 heteroatoms. The van der Waals surface area contributed by atoms with E-state index in [1.165, 1.54) is 0 Å². The minimum Gasteiger partial charge on any atom is -0.493 e. The largest absolute Gasteiger partial charge is 0.493 e. The van der Waals surface area contributed by atoms with Crippen LogP contribution in [0.5, 0.6) is 5.75 Å². The first-order chi connectivity index (χ1) is 8.25. The van der Waals surface area contributed by atoms with Crippen LogP contribution in [0.25, 0.3) is 5.57 Å². The monoisotopic (exact) mass is 234 g/mol. The first kappa shape index (κ1) is 13.8. The molecule has 0 spiro atoms. The van der Waals surface area contributed by atoms with Gasteiger partial charge in [-0.25, -0.2) is 0 Å². The minimum atomic E-state index is 0.688. The minimum absolute atomic E-state index is 0.688. The molecule has 1 rings (SSSR count). The normalized spacial score (nSPS) is 10.2. The molecule has 1 aromatic carbocycles. The summed E-state index contributed by atoms with van der Waals surface area (Å²) in [5.74, 6) is 0.912. The molecule has 17 heavy (non-hydrogen) atoms. The summed E-state index contributed by atoms with van der Waals surface area (Å²) >= 11 is 0. The lowest BCUT2D eigenvalue weighted by Crippen LogP contribution is -2.04. The maximum atomic E-state index is 5.74. The zero-order valence-corrected chi connectivity index (χ0v) is 10.9. The third-order valence-electron chi connectivity index (χ3n) is 2.39. The molecule has 0 aliphatic carbocycles. The van der Waals surface area contributed by atoms with E-state index >= 15 is 0 Å². The van der Waals surface area contributed by atoms with Crippen molar-refractivity contribution in [2.45, 2.75) is 26.7 Å². The van der Waals surface area contributed by atoms with E-state index < -0.39 is 0 Å². The van der Waals surface area contributed by atoms with Crippen LogP contribution in [0.15, 0.2) is 30.8 Å². The number of hydrogen-bond donors (Lipinski definition) is 0. The van der Waals surface area contributed by atoms with Gasteiger partial charge in [-0.05, 0) is 25.0 Å². The Morgan fingerprint density at radius 2 is 1.94 bits per heavy atom. The Morgan fingerprint density at radius 3 is 2.65 bits per heavy atom. The molecule has 1 aromatic rings. The maximum absolute atomic E-state index is 5.74. The van der Waals surface area contributed by atoms with E-state index in [-0.39, 0.29) is 0 Å². The van der Waals surface area contributed by atoms with E-state index in [1.54, 1.807) is 0 Å². The molecule has 2 nitrogen and oxygen atoms in total. The highest BCUT2D eigenvalue weighted by molar-refractivity contribution is 5.66. The SMILES string of the molecule is C=C(C)c1ccccc1OCCCOCCC. The third kappa shape index (κ3) is 5.05. The maximum Gasteiger partial charge on any atom is 0.126 e. The molecule has 0 fully saturated rings. The molecule has 0 unspecified atom stereocenters. The molecule has 0 aromatic heterocycles. The van der Waals surface area contributed by atoms with Crippen LogP contribution >= 0.6 is 0 Å². The lowest BCUT2D eigenvalue weighted by atomic mass is 10.1. The van der Waals surface area contributed by atoms with Gasteiger partial charge in [0.25, 0.3) is 0 Å². The van der Waals surface area contributed by atoms with Gasteiger partial charge in [-0.3, -0.25) is 0 Å². The van der Waals surface area contributed by atoms with Gasteiger partial charge in [0.15, 0.2) is 0 Å². The van der Waals surface area contributed by atoms with Crippen molar-refractivity contribution in [3.8, 4) is 5.75 Å². The van der Waals surface area contributed by atoms with Crippen molar-refractivity contribution < 1.29 is 9.47 Å². The molecule has 0 aliphatic rings. The molecule has 0 N–H and O–H groups in total. The fourth-order valence-corrected chi connectivity index (χ4v) is 1.53. The van der Waals surface area contributed by atoms with Gasteiger partial charge in [-0.1, -0.05) is 31.7 Å². The molecular weight excluding hydrogens is 212 g/mol. The summed E-state index contributed by atoms with van der Waals surface area (Å²) in [6.45, 7) is 10.3. The van der Waals surface area contributed by atoms with E-state index in [0.717, 1.165) is 42.9 Å². The van der Waals surface area contributed by atoms with Crippen molar-refractivity contribution in [1.82, 2.24) is 0 Å². The first-order valence-corrected chi connectivity index (χ1v) is 6.21. The molecule has 0 bridgehead atoms. The van der Waals surface area contributed by atoms with Crippen molar-refractivity contribution in [3.63, 3.8) is 0 Å². The van der Waals surface area contributed by atoms with Crippen LogP contribution in [-0.4, -0.2) is 19.8 Å². The molecule has 0 saturated heterocycles. The summed E-state index contributed by atoms with van der Waals surface area (Å²) in [5, 5.41) is 0. The number of allylic oxidation sites excluding steroid dienone is 1. The fraction of sp³-hybridized carbons (Fsp3) is 0.467. The molecular formula is C15H22O2. The molecule has 0 saturated carbocycles. The molecule has 0 atom stereocenters. The summed E-state index contributed by atoms with van der Waals surface area (Å²) < 4.78 is 11.1. The van der Waals surface area contributed by atoms with Crippen LogP contribution < -0.4 is 4.74 Å². The number of para-hydroxylation sites is 1. The average Bonchev–Trinajstić information content (AvgIpc) is 2.34. The molecule has 94 valence electrons. The Bertz CT molecular complexity index is 345. The van der Waals surface area contributed by atoms with Crippen molar-refractivity contribution in [3.05, 3.63) is 36.4 Å². The lowest BCUT2D eigenvalue weighted by molar-refractivity contribution is 0.120. The average molecular weight is 234 g/mol. The van der Waals surface area contributed by atoms with Gasteiger partial charge in [0, 0.05) is 25.2 Å². The quantitative estimate of drug-likeness (QED) is 0.635. The highest BCUT2D eigenvalue weighted by Gasteiger charge is 2.02. The summed E-state index contributed by atoms with van der Waals surface area (Å²) in [7, 11) is 0.